The molecule has 1 aromatic heterocycles. The fourth-order valence-corrected chi connectivity index (χ4v) is 6.53. The van der Waals surface area contributed by atoms with Gasteiger partial charge < -0.3 is 14.1 Å². The van der Waals surface area contributed by atoms with Crippen molar-refractivity contribution in [1.29, 1.82) is 0 Å². The van der Waals surface area contributed by atoms with Gasteiger partial charge in [0.2, 0.25) is 0 Å². The Morgan fingerprint density at radius 2 is 1.47 bits per heavy atom. The quantitative estimate of drug-likeness (QED) is 0.0691. The third kappa shape index (κ3) is 6.69. The van der Waals surface area contributed by atoms with Gasteiger partial charge in [0.15, 0.2) is 11.6 Å². The molecule has 0 aliphatic carbocycles. The Hall–Kier alpha value is -4.73. The van der Waals surface area contributed by atoms with Gasteiger partial charge in [-0.05, 0) is 74.4 Å². The van der Waals surface area contributed by atoms with Crippen molar-refractivity contribution in [1.82, 2.24) is 10.0 Å². The van der Waals surface area contributed by atoms with E-state index < -0.39 is 18.0 Å². The van der Waals surface area contributed by atoms with Crippen molar-refractivity contribution < 1.29 is 28.8 Å². The van der Waals surface area contributed by atoms with Crippen molar-refractivity contribution in [3.8, 4) is 0 Å². The van der Waals surface area contributed by atoms with E-state index in [0.717, 1.165) is 32.3 Å². The summed E-state index contributed by atoms with van der Waals surface area (Å²) in [5, 5.41) is 1.73. The lowest BCUT2D eigenvalue weighted by Crippen LogP contribution is -2.38. The molecule has 9 heteroatoms. The lowest BCUT2D eigenvalue weighted by molar-refractivity contribution is -0.149. The molecule has 0 spiro atoms. The first-order chi connectivity index (χ1) is 21.7. The Balaban J connectivity index is 1.47. The van der Waals surface area contributed by atoms with E-state index >= 15 is 0 Å². The molecule has 5 aromatic rings. The van der Waals surface area contributed by atoms with Crippen molar-refractivity contribution in [3.63, 3.8) is 0 Å². The van der Waals surface area contributed by atoms with Crippen molar-refractivity contribution >= 4 is 57.1 Å². The van der Waals surface area contributed by atoms with Crippen LogP contribution in [-0.4, -0.2) is 47.0 Å². The molecular weight excluding hydrogens is 588 g/mol. The van der Waals surface area contributed by atoms with Gasteiger partial charge in [-0.1, -0.05) is 36.4 Å². The Labute approximate surface area is 265 Å². The van der Waals surface area contributed by atoms with E-state index in [4.69, 9.17) is 9.57 Å². The number of hydrogen-bond donors (Lipinski definition) is 1. The van der Waals surface area contributed by atoms with Crippen molar-refractivity contribution in [2.75, 3.05) is 12.9 Å². The maximum Gasteiger partial charge on any atom is 0.338 e. The van der Waals surface area contributed by atoms with Gasteiger partial charge in [0, 0.05) is 62.6 Å². The van der Waals surface area contributed by atoms with Crippen LogP contribution in [0.1, 0.15) is 62.5 Å². The van der Waals surface area contributed by atoms with Gasteiger partial charge in [-0.25, -0.2) is 4.79 Å². The van der Waals surface area contributed by atoms with Gasteiger partial charge in [0.1, 0.15) is 6.04 Å². The standard InChI is InChI=1S/C36H34N2O6S/c1-5-38-31-16-14-24(34(40)26-11-7-6-10-22(26)2)20-28(31)29-21-25(15-17-32(29)38)35(41)30(37-44-23(3)39)18-19-45-33-13-9-8-12-27(33)36(42)43-4/h6-17,20-21,30,37H,5,18-19H2,1-4H3. The van der Waals surface area contributed by atoms with E-state index in [0.29, 0.717) is 41.0 Å². The first kappa shape index (κ1) is 31.7. The number of Topliss-reactive ketones (excluding diaryl/α,β-unsaturated/α-hetero) is 1. The number of fused-ring (bicyclic) bond motifs is 3. The van der Waals surface area contributed by atoms with Gasteiger partial charge in [-0.15, -0.1) is 17.2 Å². The van der Waals surface area contributed by atoms with Crippen molar-refractivity contribution in [2.24, 2.45) is 0 Å². The molecule has 1 heterocycles. The maximum atomic E-state index is 13.9. The van der Waals surface area contributed by atoms with Gasteiger partial charge >= 0.3 is 11.9 Å². The number of hydrogen-bond acceptors (Lipinski definition) is 8. The van der Waals surface area contributed by atoms with Gasteiger partial charge in [-0.2, -0.15) is 0 Å². The van der Waals surface area contributed by atoms with Crippen LogP contribution in [-0.2, 0) is 20.9 Å². The molecule has 8 nitrogen and oxygen atoms in total. The third-order valence-corrected chi connectivity index (χ3v) is 8.84. The molecular formula is C36H34N2O6S. The number of hydroxylamine groups is 1. The number of aromatic nitrogens is 1. The molecule has 1 unspecified atom stereocenters. The van der Waals surface area contributed by atoms with Gasteiger partial charge in [-0.3, -0.25) is 14.4 Å². The van der Waals surface area contributed by atoms with Crippen LogP contribution < -0.4 is 5.48 Å². The van der Waals surface area contributed by atoms with Crippen LogP contribution in [0.15, 0.2) is 89.8 Å². The number of methoxy groups -OCH3 is 1. The topological polar surface area (TPSA) is 104 Å². The Morgan fingerprint density at radius 1 is 0.844 bits per heavy atom. The number of ketones is 2. The monoisotopic (exact) mass is 622 g/mol. The number of aryl methyl sites for hydroxylation is 2. The molecule has 45 heavy (non-hydrogen) atoms. The van der Waals surface area contributed by atoms with E-state index in [1.165, 1.54) is 25.8 Å². The molecule has 0 saturated carbocycles. The summed E-state index contributed by atoms with van der Waals surface area (Å²) in [5.41, 5.74) is 7.58. The van der Waals surface area contributed by atoms with Crippen LogP contribution in [0.5, 0.6) is 0 Å². The molecule has 1 atom stereocenters. The van der Waals surface area contributed by atoms with Crippen molar-refractivity contribution in [2.45, 2.75) is 44.7 Å². The second-order valence-corrected chi connectivity index (χ2v) is 11.7. The van der Waals surface area contributed by atoms with E-state index in [-0.39, 0.29) is 11.6 Å². The second-order valence-electron chi connectivity index (χ2n) is 10.6. The normalized spacial score (nSPS) is 11.8. The molecule has 0 bridgehead atoms. The number of rotatable bonds is 12. The van der Waals surface area contributed by atoms with E-state index in [1.807, 2.05) is 73.7 Å². The summed E-state index contributed by atoms with van der Waals surface area (Å²) in [6.07, 6.45) is 0.316. The largest absolute Gasteiger partial charge is 0.465 e. The zero-order valence-corrected chi connectivity index (χ0v) is 26.4. The van der Waals surface area contributed by atoms with Crippen LogP contribution in [0.25, 0.3) is 21.8 Å². The number of carbonyl (C=O) groups excluding carboxylic acids is 4. The lowest BCUT2D eigenvalue weighted by atomic mass is 9.97. The number of ether oxygens (including phenoxy) is 1. The smallest absolute Gasteiger partial charge is 0.338 e. The average molecular weight is 623 g/mol. The summed E-state index contributed by atoms with van der Waals surface area (Å²) >= 11 is 1.41. The number of benzene rings is 4. The molecule has 0 amide bonds. The molecule has 0 fully saturated rings. The van der Waals surface area contributed by atoms with Crippen LogP contribution >= 0.6 is 11.8 Å². The fourth-order valence-electron chi connectivity index (χ4n) is 5.48. The predicted octanol–water partition coefficient (Wildman–Crippen LogP) is 6.94. The number of carbonyl (C=O) groups is 4. The number of nitrogens with zero attached hydrogens (tertiary/aromatic N) is 1. The minimum Gasteiger partial charge on any atom is -0.465 e. The highest BCUT2D eigenvalue weighted by Crippen LogP contribution is 2.32. The molecule has 1 N–H and O–H groups in total. The fraction of sp³-hybridized carbons (Fsp3) is 0.222. The van der Waals surface area contributed by atoms with Crippen molar-refractivity contribution in [3.05, 3.63) is 113 Å². The Kier molecular flexibility index (Phi) is 9.80. The van der Waals surface area contributed by atoms with E-state index in [2.05, 4.69) is 17.0 Å². The highest BCUT2D eigenvalue weighted by Gasteiger charge is 2.24. The average Bonchev–Trinajstić information content (AvgIpc) is 3.37. The number of thioether (sulfide) groups is 1. The minimum absolute atomic E-state index is 0.0588. The van der Waals surface area contributed by atoms with E-state index in [9.17, 15) is 19.2 Å². The third-order valence-electron chi connectivity index (χ3n) is 7.74. The van der Waals surface area contributed by atoms with Crippen LogP contribution in [0.3, 0.4) is 0 Å². The zero-order chi connectivity index (χ0) is 32.1. The molecule has 5 rings (SSSR count). The van der Waals surface area contributed by atoms with Crippen LogP contribution in [0.2, 0.25) is 0 Å². The Morgan fingerprint density at radius 3 is 2.11 bits per heavy atom. The molecule has 4 aromatic carbocycles. The number of nitrogens with one attached hydrogen (secondary N) is 1. The molecule has 0 aliphatic heterocycles. The zero-order valence-electron chi connectivity index (χ0n) is 25.6. The predicted molar refractivity (Wildman–Crippen MR) is 176 cm³/mol. The summed E-state index contributed by atoms with van der Waals surface area (Å²) in [4.78, 5) is 57.0. The molecule has 0 radical (unpaired) electrons. The summed E-state index contributed by atoms with van der Waals surface area (Å²) in [6.45, 7) is 5.94. The first-order valence-electron chi connectivity index (χ1n) is 14.7. The maximum absolute atomic E-state index is 13.9. The van der Waals surface area contributed by atoms with E-state index in [1.54, 1.807) is 18.2 Å². The van der Waals surface area contributed by atoms with Crippen LogP contribution in [0.4, 0.5) is 0 Å². The van der Waals surface area contributed by atoms with Crippen LogP contribution in [0, 0.1) is 6.92 Å². The summed E-state index contributed by atoms with van der Waals surface area (Å²) in [6, 6.07) is 25.0. The highest BCUT2D eigenvalue weighted by molar-refractivity contribution is 7.99. The SMILES string of the molecule is CCn1c2ccc(C(=O)c3ccccc3C)cc2c2cc(C(=O)C(CCSc3ccccc3C(=O)OC)NOC(C)=O)ccc21. The minimum atomic E-state index is -0.832. The lowest BCUT2D eigenvalue weighted by Gasteiger charge is -2.17. The van der Waals surface area contributed by atoms with Gasteiger partial charge in [0.25, 0.3) is 0 Å². The Bertz CT molecular complexity index is 1930. The summed E-state index contributed by atoms with van der Waals surface area (Å²) in [5.74, 6) is -0.850. The molecule has 0 saturated heterocycles. The van der Waals surface area contributed by atoms with Gasteiger partial charge in [0.05, 0.1) is 12.7 Å². The highest BCUT2D eigenvalue weighted by atomic mass is 32.2. The number of esters is 1. The summed E-state index contributed by atoms with van der Waals surface area (Å²) < 4.78 is 7.05. The molecule has 0 aliphatic rings. The first-order valence-corrected chi connectivity index (χ1v) is 15.7. The second kappa shape index (κ2) is 13.9. The molecule has 230 valence electrons. The summed E-state index contributed by atoms with van der Waals surface area (Å²) in [7, 11) is 1.33.